The second-order valence-corrected chi connectivity index (χ2v) is 7.77. The molecule has 2 aliphatic rings. The molecule has 0 atom stereocenters. The van der Waals surface area contributed by atoms with Crippen molar-refractivity contribution >= 4 is 5.78 Å². The maximum absolute atomic E-state index is 11.8. The number of hydrogen-bond donors (Lipinski definition) is 0. The largest absolute Gasteiger partial charge is 0.301 e. The van der Waals surface area contributed by atoms with Crippen LogP contribution >= 0.6 is 0 Å². The Balaban J connectivity index is 1.65. The molecular formula is C18H35N3O. The fourth-order valence-corrected chi connectivity index (χ4v) is 3.56. The van der Waals surface area contributed by atoms with Crippen LogP contribution in [0.1, 0.15) is 40.5 Å². The summed E-state index contributed by atoms with van der Waals surface area (Å²) in [6, 6.07) is 0.684. The summed E-state index contributed by atoms with van der Waals surface area (Å²) < 4.78 is 0. The van der Waals surface area contributed by atoms with Gasteiger partial charge in [-0.25, -0.2) is 0 Å². The van der Waals surface area contributed by atoms with E-state index in [1.165, 1.54) is 45.6 Å². The maximum Gasteiger partial charge on any atom is 0.149 e. The van der Waals surface area contributed by atoms with Gasteiger partial charge >= 0.3 is 0 Å². The molecule has 0 aromatic carbocycles. The zero-order valence-electron chi connectivity index (χ0n) is 15.1. The minimum atomic E-state index is 0.176. The van der Waals surface area contributed by atoms with E-state index in [1.54, 1.807) is 0 Å². The van der Waals surface area contributed by atoms with Gasteiger partial charge in [0.15, 0.2) is 0 Å². The smallest absolute Gasteiger partial charge is 0.149 e. The van der Waals surface area contributed by atoms with Gasteiger partial charge < -0.3 is 4.90 Å². The van der Waals surface area contributed by atoms with Gasteiger partial charge in [-0.15, -0.1) is 0 Å². The third kappa shape index (κ3) is 5.32. The van der Waals surface area contributed by atoms with Crippen molar-refractivity contribution in [2.24, 2.45) is 11.8 Å². The number of rotatable bonds is 6. The Morgan fingerprint density at radius 1 is 0.909 bits per heavy atom. The Kier molecular flexibility index (Phi) is 6.85. The van der Waals surface area contributed by atoms with Gasteiger partial charge in [0.05, 0.1) is 6.54 Å². The van der Waals surface area contributed by atoms with Crippen molar-refractivity contribution in [3.05, 3.63) is 0 Å². The predicted molar refractivity (Wildman–Crippen MR) is 92.2 cm³/mol. The first-order valence-corrected chi connectivity index (χ1v) is 9.17. The highest BCUT2D eigenvalue weighted by Gasteiger charge is 2.25. The van der Waals surface area contributed by atoms with Gasteiger partial charge in [-0.1, -0.05) is 13.8 Å². The Morgan fingerprint density at radius 3 is 2.00 bits per heavy atom. The minimum absolute atomic E-state index is 0.176. The van der Waals surface area contributed by atoms with Crippen molar-refractivity contribution in [2.75, 3.05) is 52.4 Å². The summed E-state index contributed by atoms with van der Waals surface area (Å²) in [5.74, 6) is 1.40. The first kappa shape index (κ1) is 17.9. The van der Waals surface area contributed by atoms with E-state index in [1.807, 2.05) is 13.8 Å². The van der Waals surface area contributed by atoms with Crippen LogP contribution in [-0.4, -0.2) is 78.9 Å². The predicted octanol–water partition coefficient (Wildman–Crippen LogP) is 1.95. The van der Waals surface area contributed by atoms with Crippen LogP contribution in [0, 0.1) is 11.8 Å². The van der Waals surface area contributed by atoms with E-state index in [9.17, 15) is 4.79 Å². The number of nitrogens with zero attached hydrogens (tertiary/aromatic N) is 3. The number of Topliss-reactive ketones (excluding diaryl/α,β-unsaturated/α-hetero) is 1. The SMILES string of the molecule is CC(C)C(=O)CN1CCC(CN2CCN(C(C)C)CC2)CC1. The number of likely N-dealkylation sites (tertiary alicyclic amines) is 1. The molecule has 4 heteroatoms. The Labute approximate surface area is 136 Å². The van der Waals surface area contributed by atoms with E-state index in [0.29, 0.717) is 18.4 Å². The molecule has 22 heavy (non-hydrogen) atoms. The zero-order chi connectivity index (χ0) is 16.1. The van der Waals surface area contributed by atoms with Crippen LogP contribution < -0.4 is 0 Å². The molecule has 0 radical (unpaired) electrons. The summed E-state index contributed by atoms with van der Waals surface area (Å²) in [5, 5.41) is 0. The van der Waals surface area contributed by atoms with Crippen LogP contribution in [0.4, 0.5) is 0 Å². The van der Waals surface area contributed by atoms with E-state index < -0.39 is 0 Å². The van der Waals surface area contributed by atoms with Gasteiger partial charge in [-0.05, 0) is 45.7 Å². The molecule has 0 aromatic heterocycles. The van der Waals surface area contributed by atoms with Crippen molar-refractivity contribution in [1.82, 2.24) is 14.7 Å². The lowest BCUT2D eigenvalue weighted by Gasteiger charge is -2.40. The van der Waals surface area contributed by atoms with E-state index in [0.717, 1.165) is 19.0 Å². The van der Waals surface area contributed by atoms with Crippen LogP contribution in [0.2, 0.25) is 0 Å². The third-order valence-corrected chi connectivity index (χ3v) is 5.38. The first-order valence-electron chi connectivity index (χ1n) is 9.17. The average molecular weight is 309 g/mol. The lowest BCUT2D eigenvalue weighted by atomic mass is 9.95. The number of piperidine rings is 1. The van der Waals surface area contributed by atoms with Crippen molar-refractivity contribution in [2.45, 2.75) is 46.6 Å². The Bertz CT molecular complexity index is 340. The van der Waals surface area contributed by atoms with Gasteiger partial charge in [0, 0.05) is 44.7 Å². The molecule has 2 fully saturated rings. The Morgan fingerprint density at radius 2 is 1.50 bits per heavy atom. The van der Waals surface area contributed by atoms with Crippen molar-refractivity contribution in [1.29, 1.82) is 0 Å². The lowest BCUT2D eigenvalue weighted by Crippen LogP contribution is -2.50. The topological polar surface area (TPSA) is 26.8 Å². The zero-order valence-corrected chi connectivity index (χ0v) is 15.1. The molecule has 0 N–H and O–H groups in total. The molecule has 128 valence electrons. The quantitative estimate of drug-likeness (QED) is 0.749. The van der Waals surface area contributed by atoms with Gasteiger partial charge in [0.1, 0.15) is 5.78 Å². The number of piperazine rings is 1. The number of hydrogen-bond acceptors (Lipinski definition) is 4. The highest BCUT2D eigenvalue weighted by atomic mass is 16.1. The molecule has 0 bridgehead atoms. The Hall–Kier alpha value is -0.450. The van der Waals surface area contributed by atoms with Gasteiger partial charge in [-0.2, -0.15) is 0 Å². The second-order valence-electron chi connectivity index (χ2n) is 7.77. The average Bonchev–Trinajstić information content (AvgIpc) is 2.49. The van der Waals surface area contributed by atoms with E-state index in [2.05, 4.69) is 28.5 Å². The summed E-state index contributed by atoms with van der Waals surface area (Å²) in [5.41, 5.74) is 0. The van der Waals surface area contributed by atoms with Crippen LogP contribution in [0.25, 0.3) is 0 Å². The number of carbonyl (C=O) groups excluding carboxylic acids is 1. The lowest BCUT2D eigenvalue weighted by molar-refractivity contribution is -0.123. The molecule has 2 saturated heterocycles. The van der Waals surface area contributed by atoms with Crippen molar-refractivity contribution in [3.8, 4) is 0 Å². The molecule has 0 aliphatic carbocycles. The van der Waals surface area contributed by atoms with E-state index in [4.69, 9.17) is 0 Å². The van der Waals surface area contributed by atoms with Gasteiger partial charge in [0.25, 0.3) is 0 Å². The highest BCUT2D eigenvalue weighted by Crippen LogP contribution is 2.19. The standard InChI is InChI=1S/C18H35N3O/c1-15(2)18(22)14-19-7-5-17(6-8-19)13-20-9-11-21(12-10-20)16(3)4/h15-17H,5-14H2,1-4H3. The van der Waals surface area contributed by atoms with Crippen LogP contribution in [-0.2, 0) is 4.79 Å². The maximum atomic E-state index is 11.8. The third-order valence-electron chi connectivity index (χ3n) is 5.38. The first-order chi connectivity index (χ1) is 10.5. The van der Waals surface area contributed by atoms with E-state index >= 15 is 0 Å². The van der Waals surface area contributed by atoms with Crippen LogP contribution in [0.5, 0.6) is 0 Å². The molecule has 0 amide bonds. The molecule has 2 rings (SSSR count). The van der Waals surface area contributed by atoms with Crippen LogP contribution in [0.3, 0.4) is 0 Å². The monoisotopic (exact) mass is 309 g/mol. The minimum Gasteiger partial charge on any atom is -0.301 e. The summed E-state index contributed by atoms with van der Waals surface area (Å²) in [4.78, 5) is 19.4. The molecule has 0 saturated carbocycles. The highest BCUT2D eigenvalue weighted by molar-refractivity contribution is 5.82. The normalized spacial score (nSPS) is 23.5. The summed E-state index contributed by atoms with van der Waals surface area (Å²) in [6.07, 6.45) is 2.52. The van der Waals surface area contributed by atoms with Crippen molar-refractivity contribution < 1.29 is 4.79 Å². The molecule has 0 aromatic rings. The van der Waals surface area contributed by atoms with Gasteiger partial charge in [0.2, 0.25) is 0 Å². The summed E-state index contributed by atoms with van der Waals surface area (Å²) in [7, 11) is 0. The summed E-state index contributed by atoms with van der Waals surface area (Å²) >= 11 is 0. The fraction of sp³-hybridized carbons (Fsp3) is 0.944. The summed E-state index contributed by atoms with van der Waals surface area (Å²) in [6.45, 7) is 17.6. The number of carbonyl (C=O) groups is 1. The molecule has 2 aliphatic heterocycles. The van der Waals surface area contributed by atoms with Crippen LogP contribution in [0.15, 0.2) is 0 Å². The number of ketones is 1. The molecule has 0 spiro atoms. The van der Waals surface area contributed by atoms with Gasteiger partial charge in [-0.3, -0.25) is 14.6 Å². The molecule has 4 nitrogen and oxygen atoms in total. The molecule has 0 unspecified atom stereocenters. The molecular weight excluding hydrogens is 274 g/mol. The van der Waals surface area contributed by atoms with E-state index in [-0.39, 0.29) is 5.92 Å². The molecule has 2 heterocycles. The second kappa shape index (κ2) is 8.42. The fourth-order valence-electron chi connectivity index (χ4n) is 3.56. The van der Waals surface area contributed by atoms with Crippen molar-refractivity contribution in [3.63, 3.8) is 0 Å².